The molecule has 64 heavy (non-hydrogen) atoms. The van der Waals surface area contributed by atoms with Gasteiger partial charge in [0, 0.05) is 94.9 Å². The van der Waals surface area contributed by atoms with Crippen molar-refractivity contribution in [3.05, 3.63) is 199 Å². The summed E-state index contributed by atoms with van der Waals surface area (Å²) in [7, 11) is 0. The fourth-order valence-corrected chi connectivity index (χ4v) is 8.18. The predicted octanol–water partition coefficient (Wildman–Crippen LogP) is 11.1. The van der Waals surface area contributed by atoms with E-state index in [4.69, 9.17) is 10.7 Å². The number of rotatable bonds is 12. The van der Waals surface area contributed by atoms with E-state index in [1.54, 1.807) is 0 Å². The van der Waals surface area contributed by atoms with Crippen molar-refractivity contribution in [2.75, 3.05) is 70.0 Å². The summed E-state index contributed by atoms with van der Waals surface area (Å²) in [6, 6.07) is 63.0. The maximum atomic E-state index is 11.1. The number of anilines is 2. The Morgan fingerprint density at radius 2 is 0.812 bits per heavy atom. The summed E-state index contributed by atoms with van der Waals surface area (Å²) in [4.78, 5) is 23.3. The van der Waals surface area contributed by atoms with Crippen molar-refractivity contribution in [3.63, 3.8) is 0 Å². The number of nitrogens with zero attached hydrogens (tertiary/aromatic N) is 4. The van der Waals surface area contributed by atoms with Crippen LogP contribution in [0.3, 0.4) is 0 Å². The second kappa shape index (κ2) is 28.0. The number of carbonyl (C=O) groups excluding carboxylic acids is 1. The molecular formula is C57H70N6O. The standard InChI is InChI=1S/C19H24N2.C19H22N2.C13H17NO.C6H7N/c2*1-3-7-17(8-4-1)11-14-21-15-12-19(13-16-21)20-18-9-5-2-6-10-18;15-13-7-10-14(11-8-13)9-6-12-4-2-1-3-5-12;7-6-4-2-1-3-5-6/h1-10,19-20H,11-16H2;1-10H,11-16H2;1-5H,6-11H2;1-5H,7H2. The van der Waals surface area contributed by atoms with Gasteiger partial charge in [-0.05, 0) is 98.0 Å². The lowest BCUT2D eigenvalue weighted by atomic mass is 10.0. The van der Waals surface area contributed by atoms with Crippen LogP contribution in [-0.2, 0) is 24.1 Å². The zero-order chi connectivity index (χ0) is 44.3. The minimum Gasteiger partial charge on any atom is -0.399 e. The van der Waals surface area contributed by atoms with Crippen LogP contribution >= 0.6 is 0 Å². The smallest absolute Gasteiger partial charge is 0.135 e. The first-order chi connectivity index (χ1) is 31.5. The van der Waals surface area contributed by atoms with Crippen molar-refractivity contribution in [2.24, 2.45) is 4.99 Å². The summed E-state index contributed by atoms with van der Waals surface area (Å²) in [6.07, 6.45) is 9.57. The lowest BCUT2D eigenvalue weighted by molar-refractivity contribution is -0.121. The molecule has 0 atom stereocenters. The number of para-hydroxylation sites is 3. The van der Waals surface area contributed by atoms with E-state index >= 15 is 0 Å². The molecule has 0 bridgehead atoms. The van der Waals surface area contributed by atoms with Crippen LogP contribution in [0.2, 0.25) is 0 Å². The fraction of sp³-hybridized carbons (Fsp3) is 0.333. The van der Waals surface area contributed by atoms with E-state index in [2.05, 4.69) is 147 Å². The van der Waals surface area contributed by atoms with Crippen LogP contribution < -0.4 is 11.1 Å². The highest BCUT2D eigenvalue weighted by atomic mass is 16.1. The highest BCUT2D eigenvalue weighted by Gasteiger charge is 2.19. The van der Waals surface area contributed by atoms with E-state index in [9.17, 15) is 4.79 Å². The molecule has 0 unspecified atom stereocenters. The van der Waals surface area contributed by atoms with Crippen LogP contribution in [0.5, 0.6) is 0 Å². The maximum Gasteiger partial charge on any atom is 0.135 e. The molecule has 0 aromatic heterocycles. The minimum atomic E-state index is 0.422. The molecule has 0 radical (unpaired) electrons. The van der Waals surface area contributed by atoms with Gasteiger partial charge in [-0.2, -0.15) is 0 Å². The number of likely N-dealkylation sites (tertiary alicyclic amines) is 3. The Morgan fingerprint density at radius 1 is 0.453 bits per heavy atom. The van der Waals surface area contributed by atoms with Gasteiger partial charge in [-0.3, -0.25) is 9.79 Å². The molecule has 6 aromatic carbocycles. The molecule has 3 heterocycles. The molecule has 3 aliphatic heterocycles. The first-order valence-corrected chi connectivity index (χ1v) is 23.6. The highest BCUT2D eigenvalue weighted by Crippen LogP contribution is 2.18. The zero-order valence-corrected chi connectivity index (χ0v) is 37.9. The summed E-state index contributed by atoms with van der Waals surface area (Å²) >= 11 is 0. The Morgan fingerprint density at radius 3 is 1.22 bits per heavy atom. The number of hydrogen-bond acceptors (Lipinski definition) is 7. The Kier molecular flexibility index (Phi) is 20.9. The molecule has 3 aliphatic rings. The Hall–Kier alpha value is -5.86. The van der Waals surface area contributed by atoms with Crippen LogP contribution in [0.4, 0.5) is 17.1 Å². The summed E-state index contributed by atoms with van der Waals surface area (Å²) in [6.45, 7) is 10.0. The summed E-state index contributed by atoms with van der Waals surface area (Å²) in [5.74, 6) is 0.422. The zero-order valence-electron chi connectivity index (χ0n) is 37.9. The Labute approximate surface area is 384 Å². The third-order valence-corrected chi connectivity index (χ3v) is 12.1. The molecule has 3 N–H and O–H groups in total. The van der Waals surface area contributed by atoms with E-state index in [-0.39, 0.29) is 0 Å². The molecule has 0 saturated carbocycles. The number of ketones is 1. The summed E-state index contributed by atoms with van der Waals surface area (Å²) in [5, 5.41) is 3.65. The molecule has 9 rings (SSSR count). The van der Waals surface area contributed by atoms with Crippen molar-refractivity contribution in [3.8, 4) is 0 Å². The van der Waals surface area contributed by atoms with Crippen LogP contribution in [0.1, 0.15) is 55.2 Å². The van der Waals surface area contributed by atoms with E-state index in [0.717, 1.165) is 95.6 Å². The largest absolute Gasteiger partial charge is 0.399 e. The van der Waals surface area contributed by atoms with Crippen molar-refractivity contribution in [2.45, 2.75) is 63.8 Å². The second-order valence-corrected chi connectivity index (χ2v) is 17.0. The molecule has 6 aromatic rings. The van der Waals surface area contributed by atoms with Gasteiger partial charge in [-0.15, -0.1) is 0 Å². The number of benzene rings is 6. The van der Waals surface area contributed by atoms with Crippen LogP contribution in [0.15, 0.2) is 187 Å². The van der Waals surface area contributed by atoms with Crippen LogP contribution in [0, 0.1) is 0 Å². The van der Waals surface area contributed by atoms with Gasteiger partial charge in [0.05, 0.1) is 5.69 Å². The molecule has 7 heteroatoms. The van der Waals surface area contributed by atoms with Crippen molar-refractivity contribution >= 4 is 28.6 Å². The van der Waals surface area contributed by atoms with Gasteiger partial charge in [0.1, 0.15) is 5.78 Å². The number of nitrogens with two attached hydrogens (primary N) is 1. The molecule has 334 valence electrons. The maximum absolute atomic E-state index is 11.1. The topological polar surface area (TPSA) is 77.2 Å². The molecule has 7 nitrogen and oxygen atoms in total. The van der Waals surface area contributed by atoms with Gasteiger partial charge in [0.2, 0.25) is 0 Å². The van der Waals surface area contributed by atoms with Gasteiger partial charge in [0.15, 0.2) is 0 Å². The number of aliphatic imine (C=N–C) groups is 1. The molecule has 0 amide bonds. The molecular weight excluding hydrogens is 785 g/mol. The van der Waals surface area contributed by atoms with E-state index in [1.807, 2.05) is 54.6 Å². The average molecular weight is 855 g/mol. The number of Topliss-reactive ketones (excluding diaryl/α,β-unsaturated/α-hetero) is 1. The van der Waals surface area contributed by atoms with Crippen molar-refractivity contribution < 1.29 is 4.79 Å². The first-order valence-electron chi connectivity index (χ1n) is 23.6. The van der Waals surface area contributed by atoms with Gasteiger partial charge >= 0.3 is 0 Å². The number of piperidine rings is 3. The Balaban J connectivity index is 0.000000150. The number of nitrogens with one attached hydrogen (secondary N) is 1. The lowest BCUT2D eigenvalue weighted by Gasteiger charge is -2.32. The fourth-order valence-electron chi connectivity index (χ4n) is 8.18. The Bertz CT molecular complexity index is 2130. The third kappa shape index (κ3) is 18.9. The van der Waals surface area contributed by atoms with Gasteiger partial charge in [-0.1, -0.05) is 146 Å². The molecule has 3 fully saturated rings. The van der Waals surface area contributed by atoms with Crippen molar-refractivity contribution in [1.29, 1.82) is 0 Å². The van der Waals surface area contributed by atoms with Crippen LogP contribution in [-0.4, -0.2) is 91.1 Å². The quantitative estimate of drug-likeness (QED) is 0.119. The summed E-state index contributed by atoms with van der Waals surface area (Å²) < 4.78 is 0. The van der Waals surface area contributed by atoms with Gasteiger partial charge in [0.25, 0.3) is 0 Å². The van der Waals surface area contributed by atoms with E-state index < -0.39 is 0 Å². The van der Waals surface area contributed by atoms with E-state index in [0.29, 0.717) is 11.8 Å². The SMILES string of the molecule is Nc1ccccc1.O=C1CCN(CCc2ccccc2)CC1.c1ccc(CCN2CCC(=Nc3ccccc3)CC2)cc1.c1ccc(CCN2CCC(Nc3ccccc3)CC2)cc1. The second-order valence-electron chi connectivity index (χ2n) is 17.0. The lowest BCUT2D eigenvalue weighted by Crippen LogP contribution is -2.40. The van der Waals surface area contributed by atoms with E-state index in [1.165, 1.54) is 60.6 Å². The van der Waals surface area contributed by atoms with Crippen LogP contribution in [0.25, 0.3) is 0 Å². The van der Waals surface area contributed by atoms with Gasteiger partial charge < -0.3 is 25.8 Å². The molecule has 0 spiro atoms. The van der Waals surface area contributed by atoms with Gasteiger partial charge in [-0.25, -0.2) is 0 Å². The minimum absolute atomic E-state index is 0.422. The number of hydrogen-bond donors (Lipinski definition) is 2. The number of carbonyl (C=O) groups is 1. The molecule has 0 aliphatic carbocycles. The number of nitrogen functional groups attached to an aromatic ring is 1. The average Bonchev–Trinajstić information content (AvgIpc) is 3.36. The monoisotopic (exact) mass is 855 g/mol. The predicted molar refractivity (Wildman–Crippen MR) is 271 cm³/mol. The van der Waals surface area contributed by atoms with Crippen molar-refractivity contribution in [1.82, 2.24) is 14.7 Å². The first kappa shape index (κ1) is 47.6. The summed E-state index contributed by atoms with van der Waals surface area (Å²) in [5.41, 5.74) is 14.1. The highest BCUT2D eigenvalue weighted by molar-refractivity contribution is 5.87. The molecule has 3 saturated heterocycles. The third-order valence-electron chi connectivity index (χ3n) is 12.1. The normalized spacial score (nSPS) is 15.9.